The number of hydrogen-bond donors (Lipinski definition) is 0. The highest BCUT2D eigenvalue weighted by Crippen LogP contribution is 2.18. The Bertz CT molecular complexity index is 870. The molecule has 0 unspecified atom stereocenters. The van der Waals surface area contributed by atoms with Gasteiger partial charge >= 0.3 is 0 Å². The van der Waals surface area contributed by atoms with Crippen molar-refractivity contribution in [3.05, 3.63) is 65.0 Å². The predicted octanol–water partition coefficient (Wildman–Crippen LogP) is 3.20. The lowest BCUT2D eigenvalue weighted by Gasteiger charge is -2.15. The van der Waals surface area contributed by atoms with Gasteiger partial charge in [-0.3, -0.25) is 9.78 Å². The average Bonchev–Trinajstić information content (AvgIpc) is 3.05. The molecule has 0 saturated carbocycles. The van der Waals surface area contributed by atoms with Gasteiger partial charge < -0.3 is 9.42 Å². The number of hydrogen-bond acceptors (Lipinski definition) is 5. The smallest absolute Gasteiger partial charge is 0.257 e. The summed E-state index contributed by atoms with van der Waals surface area (Å²) in [4.78, 5) is 21.8. The number of carbonyl (C=O) groups excluding carboxylic acids is 1. The van der Waals surface area contributed by atoms with Crippen molar-refractivity contribution in [3.8, 4) is 11.4 Å². The summed E-state index contributed by atoms with van der Waals surface area (Å²) >= 11 is 5.81. The highest BCUT2D eigenvalue weighted by molar-refractivity contribution is 6.30. The minimum absolute atomic E-state index is 0.0397. The molecule has 0 bridgehead atoms. The van der Waals surface area contributed by atoms with Crippen molar-refractivity contribution in [1.29, 1.82) is 0 Å². The maximum Gasteiger partial charge on any atom is 0.257 e. The van der Waals surface area contributed by atoms with Gasteiger partial charge in [0.25, 0.3) is 5.91 Å². The Labute approximate surface area is 141 Å². The van der Waals surface area contributed by atoms with E-state index in [4.69, 9.17) is 16.1 Å². The number of pyridine rings is 1. The third-order valence-electron chi connectivity index (χ3n) is 3.27. The summed E-state index contributed by atoms with van der Waals surface area (Å²) in [5.74, 6) is -0.575. The van der Waals surface area contributed by atoms with Crippen molar-refractivity contribution in [2.24, 2.45) is 0 Å². The monoisotopic (exact) mass is 346 g/mol. The van der Waals surface area contributed by atoms with E-state index in [1.807, 2.05) is 0 Å². The fraction of sp³-hybridized carbons (Fsp3) is 0.125. The molecule has 3 rings (SSSR count). The number of carbonyl (C=O) groups is 1. The summed E-state index contributed by atoms with van der Waals surface area (Å²) in [6, 6.07) is 7.36. The van der Waals surface area contributed by atoms with E-state index in [0.29, 0.717) is 11.4 Å². The molecule has 0 aliphatic heterocycles. The number of benzene rings is 1. The Kier molecular flexibility index (Phi) is 4.52. The minimum atomic E-state index is -0.641. The third-order valence-corrected chi connectivity index (χ3v) is 3.50. The van der Waals surface area contributed by atoms with Gasteiger partial charge in [0.2, 0.25) is 11.7 Å². The first-order valence-electron chi connectivity index (χ1n) is 6.98. The van der Waals surface area contributed by atoms with Crippen LogP contribution in [-0.2, 0) is 6.54 Å². The van der Waals surface area contributed by atoms with Gasteiger partial charge in [-0.15, -0.1) is 0 Å². The highest BCUT2D eigenvalue weighted by Gasteiger charge is 2.19. The Morgan fingerprint density at radius 2 is 2.21 bits per heavy atom. The summed E-state index contributed by atoms with van der Waals surface area (Å²) in [7, 11) is 1.51. The molecule has 2 aromatic heterocycles. The number of amides is 1. The minimum Gasteiger partial charge on any atom is -0.337 e. The van der Waals surface area contributed by atoms with Crippen molar-refractivity contribution < 1.29 is 13.7 Å². The Morgan fingerprint density at radius 3 is 2.96 bits per heavy atom. The lowest BCUT2D eigenvalue weighted by molar-refractivity contribution is 0.0765. The molecule has 0 N–H and O–H groups in total. The zero-order chi connectivity index (χ0) is 17.1. The van der Waals surface area contributed by atoms with E-state index in [1.54, 1.807) is 24.5 Å². The first kappa shape index (κ1) is 16.1. The molecule has 1 amide bonds. The molecular weight excluding hydrogens is 335 g/mol. The Hall–Kier alpha value is -2.80. The van der Waals surface area contributed by atoms with Gasteiger partial charge in [-0.25, -0.2) is 4.39 Å². The number of nitrogens with zero attached hydrogens (tertiary/aromatic N) is 4. The molecule has 6 nitrogen and oxygen atoms in total. The maximum absolute atomic E-state index is 13.8. The summed E-state index contributed by atoms with van der Waals surface area (Å²) in [6.07, 6.45) is 3.24. The predicted molar refractivity (Wildman–Crippen MR) is 84.7 cm³/mol. The van der Waals surface area contributed by atoms with Crippen molar-refractivity contribution in [3.63, 3.8) is 0 Å². The molecular formula is C16H12ClFN4O2. The summed E-state index contributed by atoms with van der Waals surface area (Å²) in [5.41, 5.74) is 0.583. The lowest BCUT2D eigenvalue weighted by atomic mass is 10.2. The van der Waals surface area contributed by atoms with E-state index in [0.717, 1.165) is 6.07 Å². The van der Waals surface area contributed by atoms with Crippen LogP contribution >= 0.6 is 11.6 Å². The van der Waals surface area contributed by atoms with Crippen molar-refractivity contribution in [2.75, 3.05) is 7.05 Å². The normalized spacial score (nSPS) is 10.6. The highest BCUT2D eigenvalue weighted by atomic mass is 35.5. The van der Waals surface area contributed by atoms with Gasteiger partial charge in [0.15, 0.2) is 0 Å². The van der Waals surface area contributed by atoms with Crippen LogP contribution in [0.1, 0.15) is 16.2 Å². The fourth-order valence-electron chi connectivity index (χ4n) is 2.07. The van der Waals surface area contributed by atoms with E-state index in [2.05, 4.69) is 15.1 Å². The number of aromatic nitrogens is 3. The summed E-state index contributed by atoms with van der Waals surface area (Å²) in [6.45, 7) is 0.0397. The molecule has 122 valence electrons. The van der Waals surface area contributed by atoms with Gasteiger partial charge in [-0.1, -0.05) is 16.8 Å². The topological polar surface area (TPSA) is 72.1 Å². The molecule has 24 heavy (non-hydrogen) atoms. The molecule has 0 aliphatic rings. The Morgan fingerprint density at radius 1 is 1.38 bits per heavy atom. The average molecular weight is 347 g/mol. The first-order chi connectivity index (χ1) is 11.5. The van der Waals surface area contributed by atoms with Crippen LogP contribution in [0.5, 0.6) is 0 Å². The molecule has 2 heterocycles. The molecule has 0 spiro atoms. The molecule has 0 saturated heterocycles. The van der Waals surface area contributed by atoms with E-state index < -0.39 is 11.7 Å². The van der Waals surface area contributed by atoms with Crippen LogP contribution in [0, 0.1) is 5.82 Å². The number of halogens is 2. The second kappa shape index (κ2) is 6.76. The van der Waals surface area contributed by atoms with E-state index in [1.165, 1.54) is 24.1 Å². The number of rotatable bonds is 4. The van der Waals surface area contributed by atoms with Crippen LogP contribution in [0.4, 0.5) is 4.39 Å². The third kappa shape index (κ3) is 3.41. The molecule has 0 fully saturated rings. The molecule has 0 radical (unpaired) electrons. The molecule has 8 heteroatoms. The SMILES string of the molecule is CN(Cc1nc(-c2cccnc2)no1)C(=O)c1cc(Cl)ccc1F. The largest absolute Gasteiger partial charge is 0.337 e. The molecule has 3 aromatic rings. The van der Waals surface area contributed by atoms with Crippen LogP contribution < -0.4 is 0 Å². The standard InChI is InChI=1S/C16H12ClFN4O2/c1-22(16(23)12-7-11(17)4-5-13(12)18)9-14-20-15(21-24-14)10-3-2-6-19-8-10/h2-8H,9H2,1H3. The van der Waals surface area contributed by atoms with Gasteiger partial charge in [0.1, 0.15) is 5.82 Å². The van der Waals surface area contributed by atoms with Crippen LogP contribution in [0.15, 0.2) is 47.2 Å². The van der Waals surface area contributed by atoms with Crippen LogP contribution in [0.25, 0.3) is 11.4 Å². The quantitative estimate of drug-likeness (QED) is 0.725. The van der Waals surface area contributed by atoms with Crippen molar-refractivity contribution in [1.82, 2.24) is 20.0 Å². The van der Waals surface area contributed by atoms with E-state index in [9.17, 15) is 9.18 Å². The van der Waals surface area contributed by atoms with Gasteiger partial charge in [-0.2, -0.15) is 4.98 Å². The lowest BCUT2D eigenvalue weighted by Crippen LogP contribution is -2.27. The zero-order valence-electron chi connectivity index (χ0n) is 12.6. The molecule has 0 atom stereocenters. The van der Waals surface area contributed by atoms with Gasteiger partial charge in [0.05, 0.1) is 12.1 Å². The summed E-state index contributed by atoms with van der Waals surface area (Å²) in [5, 5.41) is 4.13. The van der Waals surface area contributed by atoms with E-state index in [-0.39, 0.29) is 23.0 Å². The van der Waals surface area contributed by atoms with Gasteiger partial charge in [0, 0.05) is 30.0 Å². The van der Waals surface area contributed by atoms with Crippen LogP contribution in [0.3, 0.4) is 0 Å². The van der Waals surface area contributed by atoms with Crippen LogP contribution in [-0.4, -0.2) is 33.0 Å². The van der Waals surface area contributed by atoms with Crippen LogP contribution in [0.2, 0.25) is 5.02 Å². The first-order valence-corrected chi connectivity index (χ1v) is 7.36. The van der Waals surface area contributed by atoms with Crippen molar-refractivity contribution in [2.45, 2.75) is 6.54 Å². The second-order valence-electron chi connectivity index (χ2n) is 5.04. The van der Waals surface area contributed by atoms with Gasteiger partial charge in [-0.05, 0) is 30.3 Å². The van der Waals surface area contributed by atoms with E-state index >= 15 is 0 Å². The molecule has 0 aliphatic carbocycles. The maximum atomic E-state index is 13.8. The van der Waals surface area contributed by atoms with Crippen molar-refractivity contribution >= 4 is 17.5 Å². The Balaban J connectivity index is 1.75. The zero-order valence-corrected chi connectivity index (χ0v) is 13.4. The second-order valence-corrected chi connectivity index (χ2v) is 5.48. The fourth-order valence-corrected chi connectivity index (χ4v) is 2.25. The molecule has 1 aromatic carbocycles. The summed E-state index contributed by atoms with van der Waals surface area (Å²) < 4.78 is 18.9.